The van der Waals surface area contributed by atoms with Crippen LogP contribution in [0.2, 0.25) is 0 Å². The molecule has 0 saturated heterocycles. The van der Waals surface area contributed by atoms with E-state index >= 15 is 0 Å². The molecule has 1 heterocycles. The quantitative estimate of drug-likeness (QED) is 0.893. The zero-order valence-corrected chi connectivity index (χ0v) is 12.7. The van der Waals surface area contributed by atoms with Crippen LogP contribution in [0.5, 0.6) is 0 Å². The second-order valence-corrected chi connectivity index (χ2v) is 6.55. The normalized spacial score (nSPS) is 20.1. The summed E-state index contributed by atoms with van der Waals surface area (Å²) in [6.45, 7) is 5.06. The number of carbonyl (C=O) groups excluding carboxylic acids is 1. The van der Waals surface area contributed by atoms with Gasteiger partial charge in [-0.05, 0) is 51.2 Å². The van der Waals surface area contributed by atoms with Crippen molar-refractivity contribution in [2.75, 3.05) is 0 Å². The minimum Gasteiger partial charge on any atom is -0.352 e. The van der Waals surface area contributed by atoms with Gasteiger partial charge in [-0.25, -0.2) is 0 Å². The fourth-order valence-electron chi connectivity index (χ4n) is 3.61. The first-order valence-corrected chi connectivity index (χ1v) is 8.12. The fraction of sp³-hybridized carbons (Fsp3) is 0.706. The lowest BCUT2D eigenvalue weighted by Crippen LogP contribution is -2.31. The summed E-state index contributed by atoms with van der Waals surface area (Å²) in [6, 6.07) is 2.97. The number of rotatable bonds is 4. The van der Waals surface area contributed by atoms with Crippen molar-refractivity contribution in [3.63, 3.8) is 0 Å². The summed E-state index contributed by atoms with van der Waals surface area (Å²) in [4.78, 5) is 12.2. The molecule has 110 valence electrons. The average molecular weight is 274 g/mol. The molecule has 1 aromatic rings. The number of aromatic nitrogens is 1. The largest absolute Gasteiger partial charge is 0.352 e. The van der Waals surface area contributed by atoms with Crippen LogP contribution in [0.4, 0.5) is 0 Å². The van der Waals surface area contributed by atoms with Gasteiger partial charge in [0.25, 0.3) is 0 Å². The number of aryl methyl sites for hydroxylation is 1. The van der Waals surface area contributed by atoms with Crippen molar-refractivity contribution in [3.8, 4) is 0 Å². The Hall–Kier alpha value is -1.25. The van der Waals surface area contributed by atoms with Gasteiger partial charge in [-0.2, -0.15) is 0 Å². The minimum atomic E-state index is 0.260. The van der Waals surface area contributed by atoms with Crippen molar-refractivity contribution in [3.05, 3.63) is 23.0 Å². The van der Waals surface area contributed by atoms with Gasteiger partial charge in [0.2, 0.25) is 5.91 Å². The molecule has 3 nitrogen and oxygen atoms in total. The second kappa shape index (κ2) is 5.63. The molecule has 0 bridgehead atoms. The third-order valence-corrected chi connectivity index (χ3v) is 4.93. The van der Waals surface area contributed by atoms with Crippen molar-refractivity contribution in [1.29, 1.82) is 0 Å². The molecule has 1 amide bonds. The van der Waals surface area contributed by atoms with Crippen LogP contribution in [-0.4, -0.2) is 10.5 Å². The van der Waals surface area contributed by atoms with Crippen LogP contribution in [0.15, 0.2) is 6.07 Å². The Morgan fingerprint density at radius 2 is 1.90 bits per heavy atom. The Balaban J connectivity index is 1.60. The smallest absolute Gasteiger partial charge is 0.223 e. The summed E-state index contributed by atoms with van der Waals surface area (Å²) in [5.74, 6) is 0.525. The van der Waals surface area contributed by atoms with Crippen molar-refractivity contribution in [1.82, 2.24) is 9.88 Å². The molecular formula is C17H26N2O. The van der Waals surface area contributed by atoms with Crippen molar-refractivity contribution >= 4 is 5.91 Å². The molecule has 2 aliphatic rings. The number of carbonyl (C=O) groups is 1. The molecule has 1 N–H and O–H groups in total. The lowest BCUT2D eigenvalue weighted by Gasteiger charge is -2.20. The maximum Gasteiger partial charge on any atom is 0.223 e. The summed E-state index contributed by atoms with van der Waals surface area (Å²) in [5, 5.41) is 3.16. The van der Waals surface area contributed by atoms with Crippen molar-refractivity contribution in [2.45, 2.75) is 71.4 Å². The Morgan fingerprint density at radius 1 is 1.20 bits per heavy atom. The number of hydrogen-bond acceptors (Lipinski definition) is 1. The van der Waals surface area contributed by atoms with Gasteiger partial charge in [-0.1, -0.05) is 19.3 Å². The Morgan fingerprint density at radius 3 is 2.55 bits per heavy atom. The molecule has 0 aromatic carbocycles. The molecule has 2 saturated carbocycles. The maximum absolute atomic E-state index is 12.2. The van der Waals surface area contributed by atoms with Gasteiger partial charge in [-0.15, -0.1) is 0 Å². The Kier molecular flexibility index (Phi) is 3.86. The molecule has 0 unspecified atom stereocenters. The highest BCUT2D eigenvalue weighted by atomic mass is 16.1. The second-order valence-electron chi connectivity index (χ2n) is 6.55. The van der Waals surface area contributed by atoms with Gasteiger partial charge in [0.1, 0.15) is 0 Å². The average Bonchev–Trinajstić information content (AvgIpc) is 3.24. The molecule has 2 aliphatic carbocycles. The summed E-state index contributed by atoms with van der Waals surface area (Å²) in [5.41, 5.74) is 3.97. The van der Waals surface area contributed by atoms with E-state index in [1.54, 1.807) is 0 Å². The molecule has 1 aromatic heterocycles. The highest BCUT2D eigenvalue weighted by Gasteiger charge is 2.27. The predicted octanol–water partition coefficient (Wildman–Crippen LogP) is 3.64. The van der Waals surface area contributed by atoms with Crippen LogP contribution < -0.4 is 5.32 Å². The van der Waals surface area contributed by atoms with Crippen LogP contribution >= 0.6 is 0 Å². The molecule has 3 rings (SSSR count). The van der Waals surface area contributed by atoms with E-state index in [1.807, 2.05) is 0 Å². The van der Waals surface area contributed by atoms with E-state index in [4.69, 9.17) is 0 Å². The first-order valence-electron chi connectivity index (χ1n) is 8.12. The molecular weight excluding hydrogens is 248 g/mol. The van der Waals surface area contributed by atoms with Gasteiger partial charge in [0.15, 0.2) is 0 Å². The van der Waals surface area contributed by atoms with E-state index in [-0.39, 0.29) is 11.8 Å². The SMILES string of the molecule is Cc1cc(CNC(=O)C2CCCCC2)c(C)n1C1CC1. The van der Waals surface area contributed by atoms with Crippen LogP contribution in [0, 0.1) is 19.8 Å². The third-order valence-electron chi connectivity index (χ3n) is 4.93. The first kappa shape index (κ1) is 13.7. The molecule has 2 fully saturated rings. The molecule has 0 aliphatic heterocycles. The van der Waals surface area contributed by atoms with Gasteiger partial charge in [-0.3, -0.25) is 4.79 Å². The summed E-state index contributed by atoms with van der Waals surface area (Å²) < 4.78 is 2.45. The van der Waals surface area contributed by atoms with Crippen LogP contribution in [0.25, 0.3) is 0 Å². The van der Waals surface area contributed by atoms with E-state index < -0.39 is 0 Å². The van der Waals surface area contributed by atoms with E-state index in [0.29, 0.717) is 6.54 Å². The maximum atomic E-state index is 12.2. The molecule has 0 spiro atoms. The molecule has 0 radical (unpaired) electrons. The van der Waals surface area contributed by atoms with E-state index in [9.17, 15) is 4.79 Å². The number of nitrogens with zero attached hydrogens (tertiary/aromatic N) is 1. The molecule has 3 heteroatoms. The summed E-state index contributed by atoms with van der Waals surface area (Å²) in [7, 11) is 0. The number of hydrogen-bond donors (Lipinski definition) is 1. The molecule has 0 atom stereocenters. The van der Waals surface area contributed by atoms with E-state index in [2.05, 4.69) is 29.8 Å². The van der Waals surface area contributed by atoms with Gasteiger partial charge >= 0.3 is 0 Å². The monoisotopic (exact) mass is 274 g/mol. The lowest BCUT2D eigenvalue weighted by molar-refractivity contribution is -0.126. The zero-order chi connectivity index (χ0) is 14.1. The van der Waals surface area contributed by atoms with Gasteiger partial charge in [0, 0.05) is 29.9 Å². The summed E-state index contributed by atoms with van der Waals surface area (Å²) in [6.07, 6.45) is 8.50. The van der Waals surface area contributed by atoms with Gasteiger partial charge < -0.3 is 9.88 Å². The van der Waals surface area contributed by atoms with Crippen LogP contribution in [0.1, 0.15) is 67.9 Å². The van der Waals surface area contributed by atoms with E-state index in [0.717, 1.165) is 18.9 Å². The standard InChI is InChI=1S/C17H26N2O/c1-12-10-15(13(2)19(12)16-8-9-16)11-18-17(20)14-6-4-3-5-7-14/h10,14,16H,3-9,11H2,1-2H3,(H,18,20). The van der Waals surface area contributed by atoms with E-state index in [1.165, 1.54) is 49.1 Å². The number of nitrogens with one attached hydrogen (secondary N) is 1. The third kappa shape index (κ3) is 2.77. The highest BCUT2D eigenvalue weighted by molar-refractivity contribution is 5.78. The predicted molar refractivity (Wildman–Crippen MR) is 80.6 cm³/mol. The van der Waals surface area contributed by atoms with Gasteiger partial charge in [0.05, 0.1) is 0 Å². The zero-order valence-electron chi connectivity index (χ0n) is 12.7. The molecule has 20 heavy (non-hydrogen) atoms. The minimum absolute atomic E-state index is 0.260. The lowest BCUT2D eigenvalue weighted by atomic mass is 9.88. The Labute approximate surface area is 121 Å². The Bertz CT molecular complexity index is 493. The highest BCUT2D eigenvalue weighted by Crippen LogP contribution is 2.38. The topological polar surface area (TPSA) is 34.0 Å². The van der Waals surface area contributed by atoms with Crippen molar-refractivity contribution in [2.24, 2.45) is 5.92 Å². The fourth-order valence-corrected chi connectivity index (χ4v) is 3.61. The van der Waals surface area contributed by atoms with Crippen molar-refractivity contribution < 1.29 is 4.79 Å². The van der Waals surface area contributed by atoms with Crippen LogP contribution in [-0.2, 0) is 11.3 Å². The summed E-state index contributed by atoms with van der Waals surface area (Å²) >= 11 is 0. The first-order chi connectivity index (χ1) is 9.66. The number of amides is 1. The van der Waals surface area contributed by atoms with Crippen LogP contribution in [0.3, 0.4) is 0 Å².